The molecule has 0 saturated heterocycles. The van der Waals surface area contributed by atoms with E-state index in [9.17, 15) is 9.90 Å². The second kappa shape index (κ2) is 6.95. The van der Waals surface area contributed by atoms with Crippen molar-refractivity contribution >= 4 is 17.5 Å². The van der Waals surface area contributed by atoms with Gasteiger partial charge in [0.05, 0.1) is 6.61 Å². The molecule has 20 heavy (non-hydrogen) atoms. The summed E-state index contributed by atoms with van der Waals surface area (Å²) in [5, 5.41) is 12.9. The van der Waals surface area contributed by atoms with Crippen LogP contribution in [0.15, 0.2) is 24.3 Å². The second-order valence-corrected chi connectivity index (χ2v) is 5.82. The molecule has 1 amide bonds. The van der Waals surface area contributed by atoms with Gasteiger partial charge in [-0.3, -0.25) is 4.79 Å². The van der Waals surface area contributed by atoms with Crippen molar-refractivity contribution in [1.29, 1.82) is 0 Å². The standard InChI is InChI=1S/C15H20ClNO3/c16-12-3-5-13(6-4-12)20-9-14(19)17-10-15(11-18)7-1-2-8-15/h3-6,18H,1-2,7-11H2,(H,17,19). The summed E-state index contributed by atoms with van der Waals surface area (Å²) in [7, 11) is 0. The van der Waals surface area contributed by atoms with Crippen molar-refractivity contribution in [3.8, 4) is 5.75 Å². The molecule has 0 heterocycles. The Kier molecular flexibility index (Phi) is 5.26. The highest BCUT2D eigenvalue weighted by atomic mass is 35.5. The predicted octanol–water partition coefficient (Wildman–Crippen LogP) is 2.39. The van der Waals surface area contributed by atoms with Crippen LogP contribution in [0.5, 0.6) is 5.75 Å². The zero-order valence-electron chi connectivity index (χ0n) is 11.4. The zero-order valence-corrected chi connectivity index (χ0v) is 12.2. The third-order valence-electron chi connectivity index (χ3n) is 3.84. The van der Waals surface area contributed by atoms with Crippen LogP contribution in [0.3, 0.4) is 0 Å². The van der Waals surface area contributed by atoms with Crippen molar-refractivity contribution in [3.63, 3.8) is 0 Å². The van der Waals surface area contributed by atoms with E-state index in [1.54, 1.807) is 24.3 Å². The maximum Gasteiger partial charge on any atom is 0.257 e. The number of amides is 1. The number of hydrogen-bond acceptors (Lipinski definition) is 3. The van der Waals surface area contributed by atoms with Gasteiger partial charge < -0.3 is 15.2 Å². The normalized spacial score (nSPS) is 16.9. The molecule has 0 aromatic heterocycles. The molecule has 0 radical (unpaired) electrons. The fourth-order valence-corrected chi connectivity index (χ4v) is 2.66. The number of nitrogens with one attached hydrogen (secondary N) is 1. The van der Waals surface area contributed by atoms with Gasteiger partial charge in [-0.05, 0) is 37.1 Å². The quantitative estimate of drug-likeness (QED) is 0.847. The minimum absolute atomic E-state index is 0.0247. The predicted molar refractivity (Wildman–Crippen MR) is 77.9 cm³/mol. The Bertz CT molecular complexity index is 441. The molecule has 0 bridgehead atoms. The molecule has 4 nitrogen and oxygen atoms in total. The van der Waals surface area contributed by atoms with E-state index in [-0.39, 0.29) is 24.5 Å². The molecule has 1 aliphatic rings. The van der Waals surface area contributed by atoms with Crippen molar-refractivity contribution in [2.45, 2.75) is 25.7 Å². The maximum absolute atomic E-state index is 11.8. The molecule has 2 rings (SSSR count). The van der Waals surface area contributed by atoms with Gasteiger partial charge in [-0.1, -0.05) is 24.4 Å². The number of ether oxygens (including phenoxy) is 1. The highest BCUT2D eigenvalue weighted by Gasteiger charge is 2.33. The third kappa shape index (κ3) is 4.12. The second-order valence-electron chi connectivity index (χ2n) is 5.38. The number of carbonyl (C=O) groups is 1. The Labute approximate surface area is 124 Å². The summed E-state index contributed by atoms with van der Waals surface area (Å²) in [6.45, 7) is 0.626. The molecule has 0 aliphatic heterocycles. The van der Waals surface area contributed by atoms with Crippen molar-refractivity contribution in [3.05, 3.63) is 29.3 Å². The average Bonchev–Trinajstić information content (AvgIpc) is 2.94. The van der Waals surface area contributed by atoms with E-state index >= 15 is 0 Å². The number of aliphatic hydroxyl groups is 1. The van der Waals surface area contributed by atoms with E-state index in [0.29, 0.717) is 17.3 Å². The third-order valence-corrected chi connectivity index (χ3v) is 4.10. The van der Waals surface area contributed by atoms with Crippen LogP contribution in [0.2, 0.25) is 5.02 Å². The lowest BCUT2D eigenvalue weighted by Gasteiger charge is -2.26. The smallest absolute Gasteiger partial charge is 0.257 e. The van der Waals surface area contributed by atoms with E-state index in [2.05, 4.69) is 5.32 Å². The molecule has 0 unspecified atom stereocenters. The Morgan fingerprint density at radius 3 is 2.55 bits per heavy atom. The summed E-state index contributed by atoms with van der Waals surface area (Å²) in [5.41, 5.74) is -0.129. The SMILES string of the molecule is O=C(COc1ccc(Cl)cc1)NCC1(CO)CCCC1. The molecular formula is C15H20ClNO3. The highest BCUT2D eigenvalue weighted by molar-refractivity contribution is 6.30. The highest BCUT2D eigenvalue weighted by Crippen LogP contribution is 2.36. The summed E-state index contributed by atoms with van der Waals surface area (Å²) < 4.78 is 5.37. The number of halogens is 1. The minimum Gasteiger partial charge on any atom is -0.484 e. The molecule has 1 aliphatic carbocycles. The molecule has 1 fully saturated rings. The van der Waals surface area contributed by atoms with Crippen molar-refractivity contribution in [2.75, 3.05) is 19.8 Å². The first-order chi connectivity index (χ1) is 9.63. The zero-order chi connectivity index (χ0) is 14.4. The van der Waals surface area contributed by atoms with Crippen LogP contribution in [0.25, 0.3) is 0 Å². The van der Waals surface area contributed by atoms with Crippen molar-refractivity contribution < 1.29 is 14.6 Å². The van der Waals surface area contributed by atoms with E-state index in [4.69, 9.17) is 16.3 Å². The molecule has 1 saturated carbocycles. The fraction of sp³-hybridized carbons (Fsp3) is 0.533. The summed E-state index contributed by atoms with van der Waals surface area (Å²) in [6, 6.07) is 6.88. The van der Waals surface area contributed by atoms with E-state index in [1.165, 1.54) is 0 Å². The minimum atomic E-state index is -0.167. The van der Waals surface area contributed by atoms with Gasteiger partial charge in [-0.15, -0.1) is 0 Å². The van der Waals surface area contributed by atoms with Gasteiger partial charge in [0.1, 0.15) is 5.75 Å². The largest absolute Gasteiger partial charge is 0.484 e. The molecule has 110 valence electrons. The fourth-order valence-electron chi connectivity index (χ4n) is 2.53. The first kappa shape index (κ1) is 15.1. The van der Waals surface area contributed by atoms with Crippen molar-refractivity contribution in [2.24, 2.45) is 5.41 Å². The Hall–Kier alpha value is -1.26. The van der Waals surface area contributed by atoms with Gasteiger partial charge in [0.25, 0.3) is 5.91 Å². The van der Waals surface area contributed by atoms with Gasteiger partial charge in [0.2, 0.25) is 0 Å². The summed E-state index contributed by atoms with van der Waals surface area (Å²) >= 11 is 5.77. The molecule has 1 aromatic carbocycles. The topological polar surface area (TPSA) is 58.6 Å². The number of benzene rings is 1. The van der Waals surface area contributed by atoms with Crippen LogP contribution >= 0.6 is 11.6 Å². The number of hydrogen-bond donors (Lipinski definition) is 2. The number of carbonyl (C=O) groups excluding carboxylic acids is 1. The first-order valence-corrected chi connectivity index (χ1v) is 7.27. The lowest BCUT2D eigenvalue weighted by molar-refractivity contribution is -0.123. The van der Waals surface area contributed by atoms with Crippen LogP contribution in [0.1, 0.15) is 25.7 Å². The maximum atomic E-state index is 11.8. The summed E-state index contributed by atoms with van der Waals surface area (Å²) in [4.78, 5) is 11.8. The lowest BCUT2D eigenvalue weighted by atomic mass is 9.87. The molecule has 0 atom stereocenters. The van der Waals surface area contributed by atoms with Gasteiger partial charge in [-0.25, -0.2) is 0 Å². The van der Waals surface area contributed by atoms with E-state index in [0.717, 1.165) is 25.7 Å². The Morgan fingerprint density at radius 2 is 1.95 bits per heavy atom. The molecule has 1 aromatic rings. The number of rotatable bonds is 6. The van der Waals surface area contributed by atoms with Crippen LogP contribution < -0.4 is 10.1 Å². The molecule has 5 heteroatoms. The van der Waals surface area contributed by atoms with Crippen LogP contribution in [-0.2, 0) is 4.79 Å². The average molecular weight is 298 g/mol. The summed E-state index contributed by atoms with van der Waals surface area (Å²) in [6.07, 6.45) is 4.19. The first-order valence-electron chi connectivity index (χ1n) is 6.89. The molecule has 0 spiro atoms. The van der Waals surface area contributed by atoms with Gasteiger partial charge in [0.15, 0.2) is 6.61 Å². The van der Waals surface area contributed by atoms with Crippen LogP contribution in [-0.4, -0.2) is 30.8 Å². The summed E-state index contributed by atoms with van der Waals surface area (Å²) in [5.74, 6) is 0.446. The molecular weight excluding hydrogens is 278 g/mol. The monoisotopic (exact) mass is 297 g/mol. The van der Waals surface area contributed by atoms with Gasteiger partial charge in [0, 0.05) is 17.0 Å². The van der Waals surface area contributed by atoms with Crippen LogP contribution in [0, 0.1) is 5.41 Å². The lowest BCUT2D eigenvalue weighted by Crippen LogP contribution is -2.40. The Balaban J connectivity index is 1.74. The Morgan fingerprint density at radius 1 is 1.30 bits per heavy atom. The van der Waals surface area contributed by atoms with E-state index < -0.39 is 0 Å². The molecule has 2 N–H and O–H groups in total. The van der Waals surface area contributed by atoms with Crippen molar-refractivity contribution in [1.82, 2.24) is 5.32 Å². The van der Waals surface area contributed by atoms with Gasteiger partial charge >= 0.3 is 0 Å². The van der Waals surface area contributed by atoms with Crippen LogP contribution in [0.4, 0.5) is 0 Å². The van der Waals surface area contributed by atoms with E-state index in [1.807, 2.05) is 0 Å². The van der Waals surface area contributed by atoms with Gasteiger partial charge in [-0.2, -0.15) is 0 Å². The number of aliphatic hydroxyl groups excluding tert-OH is 1.